The first-order valence-electron chi connectivity index (χ1n) is 26.2. The lowest BCUT2D eigenvalue weighted by Gasteiger charge is -2.14. The Hall–Kier alpha value is -8.64. The number of nitrogens with zero attached hydrogens (tertiary/aromatic N) is 4. The van der Waals surface area contributed by atoms with Gasteiger partial charge in [0.1, 0.15) is 0 Å². The van der Waals surface area contributed by atoms with Crippen LogP contribution in [0.5, 0.6) is 0 Å². The topological polar surface area (TPSA) is 155 Å². The van der Waals surface area contributed by atoms with Gasteiger partial charge in [0.05, 0.1) is 72.1 Å². The fourth-order valence-corrected chi connectivity index (χ4v) is 9.72. The summed E-state index contributed by atoms with van der Waals surface area (Å²) in [5.74, 6) is -1.02. The average Bonchev–Trinajstić information content (AvgIpc) is 4.29. The molecule has 0 aromatic heterocycles. The Morgan fingerprint density at radius 2 is 0.553 bits per heavy atom. The number of ether oxygens (including phenoxy) is 4. The lowest BCUT2D eigenvalue weighted by molar-refractivity contribution is -0.144. The third-order valence-corrected chi connectivity index (χ3v) is 13.2. The number of aryl methyl sites for hydroxylation is 4. The van der Waals surface area contributed by atoms with Gasteiger partial charge in [0.2, 0.25) is 0 Å². The van der Waals surface area contributed by atoms with Crippen molar-refractivity contribution in [1.82, 2.24) is 0 Å². The van der Waals surface area contributed by atoms with Gasteiger partial charge in [0.15, 0.2) is 0 Å². The molecule has 4 aromatic carbocycles. The smallest absolute Gasteiger partial charge is 0.306 e. The molecule has 0 atom stereocenters. The maximum Gasteiger partial charge on any atom is 0.306 e. The van der Waals surface area contributed by atoms with Gasteiger partial charge in [0.25, 0.3) is 0 Å². The van der Waals surface area contributed by atoms with E-state index in [1.54, 1.807) is 27.7 Å². The number of allylic oxidation sites excluding steroid dienone is 12. The summed E-state index contributed by atoms with van der Waals surface area (Å²) in [4.78, 5) is 72.0. The highest BCUT2D eigenvalue weighted by Gasteiger charge is 2.28. The Labute approximate surface area is 443 Å². The van der Waals surface area contributed by atoms with Gasteiger partial charge < -0.3 is 18.9 Å². The molecule has 0 saturated carbocycles. The first-order valence-corrected chi connectivity index (χ1v) is 26.2. The maximum atomic E-state index is 12.5. The van der Waals surface area contributed by atoms with Crippen molar-refractivity contribution >= 4 is 69.0 Å². The highest BCUT2D eigenvalue weighted by atomic mass is 16.5. The summed E-state index contributed by atoms with van der Waals surface area (Å²) in [5, 5.41) is 0. The van der Waals surface area contributed by atoms with Crippen molar-refractivity contribution in [3.05, 3.63) is 213 Å². The van der Waals surface area contributed by atoms with Crippen molar-refractivity contribution in [2.75, 3.05) is 26.4 Å². The average molecular weight is 1010 g/mol. The van der Waals surface area contributed by atoms with Crippen LogP contribution < -0.4 is 0 Å². The molecule has 5 heterocycles. The molecule has 5 aliphatic rings. The van der Waals surface area contributed by atoms with Crippen molar-refractivity contribution in [3.63, 3.8) is 0 Å². The van der Waals surface area contributed by atoms with Crippen LogP contribution in [-0.4, -0.2) is 73.2 Å². The predicted octanol–water partition coefficient (Wildman–Crippen LogP) is 11.7. The lowest BCUT2D eigenvalue weighted by atomic mass is 9.95. The van der Waals surface area contributed by atoms with Crippen molar-refractivity contribution in [1.29, 1.82) is 0 Å². The van der Waals surface area contributed by atoms with Crippen LogP contribution in [0, 0.1) is 0 Å². The quantitative estimate of drug-likeness (QED) is 0.0626. The first-order chi connectivity index (χ1) is 37.1. The number of rotatable bonds is 20. The van der Waals surface area contributed by atoms with E-state index in [0.29, 0.717) is 97.7 Å². The van der Waals surface area contributed by atoms with Crippen LogP contribution in [0.2, 0.25) is 0 Å². The van der Waals surface area contributed by atoms with E-state index in [1.165, 1.54) is 0 Å². The SMILES string of the molecule is CCOC(=O)CCc1cccc(C2=C3C=CC(=N3)C(c3cccc(CCC(=O)OCC)c3)=C3C=CC(=N3)C(c3cccc(CCC(=O)OCC)c3)=C3C=CC(=N3)C(c3cccc(CCC(=O)OCC)c3)=C3C=CC2=N3)c1. The molecule has 12 heteroatoms. The molecular weight excluding hydrogens is 953 g/mol. The van der Waals surface area contributed by atoms with Crippen LogP contribution in [0.3, 0.4) is 0 Å². The Morgan fingerprint density at radius 3 is 0.763 bits per heavy atom. The molecule has 5 aliphatic heterocycles. The zero-order chi connectivity index (χ0) is 53.0. The van der Waals surface area contributed by atoms with E-state index >= 15 is 0 Å². The normalized spacial score (nSPS) is 15.3. The van der Waals surface area contributed by atoms with Gasteiger partial charge >= 0.3 is 23.9 Å². The maximum absolute atomic E-state index is 12.5. The van der Waals surface area contributed by atoms with E-state index in [0.717, 1.165) is 66.8 Å². The summed E-state index contributed by atoms with van der Waals surface area (Å²) in [5.41, 5.74) is 15.9. The molecule has 0 amide bonds. The third-order valence-electron chi connectivity index (χ3n) is 13.2. The number of carbonyl (C=O) groups excluding carboxylic acids is 4. The van der Waals surface area contributed by atoms with Crippen LogP contribution in [0.4, 0.5) is 0 Å². The molecule has 0 fully saturated rings. The molecule has 0 spiro atoms. The summed E-state index contributed by atoms with van der Waals surface area (Å²) >= 11 is 0. The molecular formula is C64H60N4O8. The number of fused-ring (bicyclic) bond motifs is 4. The number of esters is 4. The molecule has 76 heavy (non-hydrogen) atoms. The van der Waals surface area contributed by atoms with Gasteiger partial charge in [-0.15, -0.1) is 0 Å². The largest absolute Gasteiger partial charge is 0.466 e. The van der Waals surface area contributed by atoms with Gasteiger partial charge in [-0.25, -0.2) is 20.0 Å². The molecule has 0 aliphatic carbocycles. The molecule has 0 saturated heterocycles. The Kier molecular flexibility index (Phi) is 16.9. The molecule has 9 rings (SSSR count). The second-order valence-corrected chi connectivity index (χ2v) is 18.4. The van der Waals surface area contributed by atoms with Crippen LogP contribution in [0.1, 0.15) is 97.9 Å². The van der Waals surface area contributed by atoms with E-state index in [2.05, 4.69) is 24.3 Å². The zero-order valence-electron chi connectivity index (χ0n) is 43.4. The van der Waals surface area contributed by atoms with Gasteiger partial charge in [-0.1, -0.05) is 97.1 Å². The lowest BCUT2D eigenvalue weighted by Crippen LogP contribution is -2.06. The zero-order valence-corrected chi connectivity index (χ0v) is 43.4. The number of aliphatic imine (C=N–C) groups is 4. The standard InChI is InChI=1S/C64H60N4O8/c1-5-73-57(69)33-21-41-13-9-17-45(37-41)61-49-25-27-51(65-49)62(46-18-10-14-42(38-46)22-34-58(70)74-6-2)53-29-31-55(67-53)64(48-20-12-16-44(40-48)24-36-60(72)76-8-4)56-32-30-54(68-56)63(52-28-26-50(61)66-52)47-19-11-15-43(39-47)23-35-59(71)75-7-3/h9-20,25-32,37-40H,5-8,21-24,33-36H2,1-4H3. The molecule has 0 unspecified atom stereocenters. The minimum Gasteiger partial charge on any atom is -0.466 e. The summed E-state index contributed by atoms with van der Waals surface area (Å²) in [6.07, 6.45) is 19.0. The van der Waals surface area contributed by atoms with E-state index in [9.17, 15) is 19.2 Å². The van der Waals surface area contributed by atoms with Gasteiger partial charge in [-0.3, -0.25) is 19.2 Å². The molecule has 12 nitrogen and oxygen atoms in total. The number of benzene rings is 4. The van der Waals surface area contributed by atoms with Crippen LogP contribution in [-0.2, 0) is 63.8 Å². The summed E-state index contributed by atoms with van der Waals surface area (Å²) in [6.45, 7) is 8.48. The van der Waals surface area contributed by atoms with Crippen molar-refractivity contribution in [3.8, 4) is 0 Å². The summed E-state index contributed by atoms with van der Waals surface area (Å²) in [6, 6.07) is 32.5. The highest BCUT2D eigenvalue weighted by molar-refractivity contribution is 6.39. The van der Waals surface area contributed by atoms with Crippen molar-refractivity contribution in [2.45, 2.75) is 79.1 Å². The third kappa shape index (κ3) is 12.5. The van der Waals surface area contributed by atoms with E-state index in [1.807, 2.05) is 121 Å². The summed E-state index contributed by atoms with van der Waals surface area (Å²) in [7, 11) is 0. The van der Waals surface area contributed by atoms with E-state index in [4.69, 9.17) is 38.9 Å². The molecule has 0 radical (unpaired) electrons. The minimum absolute atomic E-state index is 0.238. The molecule has 0 N–H and O–H groups in total. The Balaban J connectivity index is 1.27. The highest BCUT2D eigenvalue weighted by Crippen LogP contribution is 2.39. The number of carbonyl (C=O) groups is 4. The Morgan fingerprint density at radius 1 is 0.329 bits per heavy atom. The van der Waals surface area contributed by atoms with Crippen molar-refractivity contribution < 1.29 is 38.1 Å². The minimum atomic E-state index is -0.256. The number of hydrogen-bond acceptors (Lipinski definition) is 12. The number of hydrogen-bond donors (Lipinski definition) is 0. The van der Waals surface area contributed by atoms with Gasteiger partial charge in [-0.05, 0) is 146 Å². The van der Waals surface area contributed by atoms with Crippen LogP contribution in [0.25, 0.3) is 22.3 Å². The molecule has 384 valence electrons. The summed E-state index contributed by atoms with van der Waals surface area (Å²) < 4.78 is 21.1. The Bertz CT molecular complexity index is 2940. The van der Waals surface area contributed by atoms with Gasteiger partial charge in [0, 0.05) is 48.0 Å². The molecule has 4 aromatic rings. The molecule has 8 bridgehead atoms. The van der Waals surface area contributed by atoms with Crippen LogP contribution in [0.15, 0.2) is 188 Å². The fourth-order valence-electron chi connectivity index (χ4n) is 9.72. The van der Waals surface area contributed by atoms with E-state index < -0.39 is 0 Å². The van der Waals surface area contributed by atoms with Crippen molar-refractivity contribution in [2.24, 2.45) is 20.0 Å². The van der Waals surface area contributed by atoms with Crippen LogP contribution >= 0.6 is 0 Å². The monoisotopic (exact) mass is 1010 g/mol. The second-order valence-electron chi connectivity index (χ2n) is 18.4. The second kappa shape index (κ2) is 24.6. The van der Waals surface area contributed by atoms with Gasteiger partial charge in [-0.2, -0.15) is 0 Å². The van der Waals surface area contributed by atoms with E-state index in [-0.39, 0.29) is 49.6 Å². The fraction of sp³-hybridized carbons (Fsp3) is 0.250. The predicted molar refractivity (Wildman–Crippen MR) is 300 cm³/mol. The first kappa shape index (κ1) is 52.2.